The second-order valence-corrected chi connectivity index (χ2v) is 7.79. The van der Waals surface area contributed by atoms with Crippen LogP contribution in [0.3, 0.4) is 0 Å². The van der Waals surface area contributed by atoms with Crippen molar-refractivity contribution in [1.29, 1.82) is 0 Å². The molecule has 5 heteroatoms. The quantitative estimate of drug-likeness (QED) is 0.516. The molecule has 1 heterocycles. The van der Waals surface area contributed by atoms with Gasteiger partial charge in [-0.1, -0.05) is 60.7 Å². The van der Waals surface area contributed by atoms with Gasteiger partial charge in [-0.2, -0.15) is 0 Å². The minimum atomic E-state index is -0.386. The number of carbonyl (C=O) groups is 1. The number of hydrogen-bond acceptors (Lipinski definition) is 4. The van der Waals surface area contributed by atoms with Crippen molar-refractivity contribution in [3.8, 4) is 17.1 Å². The van der Waals surface area contributed by atoms with Crippen LogP contribution in [0, 0.1) is 12.8 Å². The molecular formula is C23H21ClO4. The minimum Gasteiger partial charge on any atom is -0.452 e. The average molecular weight is 397 g/mol. The standard InChI is InChI=1S/C23H21ClO4/c1-14-7-9-15(10-8-14)21-22(28-23(26)16-5-3-2-4-6-16)20(25)18-13-17(24)11-12-19(18)27-21/h7-13,16H,2-6H2,1H3. The summed E-state index contributed by atoms with van der Waals surface area (Å²) in [5.41, 5.74) is 1.79. The van der Waals surface area contributed by atoms with Crippen molar-refractivity contribution in [2.24, 2.45) is 5.92 Å². The second-order valence-electron chi connectivity index (χ2n) is 7.35. The highest BCUT2D eigenvalue weighted by Crippen LogP contribution is 2.33. The van der Waals surface area contributed by atoms with Gasteiger partial charge in [-0.3, -0.25) is 9.59 Å². The van der Waals surface area contributed by atoms with Gasteiger partial charge in [0, 0.05) is 10.6 Å². The molecule has 28 heavy (non-hydrogen) atoms. The summed E-state index contributed by atoms with van der Waals surface area (Å²) in [6, 6.07) is 12.4. The van der Waals surface area contributed by atoms with E-state index >= 15 is 0 Å². The molecule has 4 rings (SSSR count). The van der Waals surface area contributed by atoms with Gasteiger partial charge in [0.05, 0.1) is 11.3 Å². The first-order chi connectivity index (χ1) is 13.5. The summed E-state index contributed by atoms with van der Waals surface area (Å²) in [4.78, 5) is 25.9. The Kier molecular flexibility index (Phi) is 5.23. The molecule has 0 spiro atoms. The second kappa shape index (κ2) is 7.80. The molecule has 1 fully saturated rings. The highest BCUT2D eigenvalue weighted by Gasteiger charge is 2.27. The molecule has 3 aromatic rings. The van der Waals surface area contributed by atoms with Crippen LogP contribution in [0.1, 0.15) is 37.7 Å². The SMILES string of the molecule is Cc1ccc(-c2oc3ccc(Cl)cc3c(=O)c2OC(=O)C2CCCCC2)cc1. The van der Waals surface area contributed by atoms with Gasteiger partial charge >= 0.3 is 5.97 Å². The average Bonchev–Trinajstić information content (AvgIpc) is 2.71. The van der Waals surface area contributed by atoms with Crippen molar-refractivity contribution in [3.63, 3.8) is 0 Å². The monoisotopic (exact) mass is 396 g/mol. The summed E-state index contributed by atoms with van der Waals surface area (Å²) in [6.07, 6.45) is 4.74. The van der Waals surface area contributed by atoms with Gasteiger partial charge < -0.3 is 9.15 Å². The van der Waals surface area contributed by atoms with E-state index in [1.165, 1.54) is 0 Å². The summed E-state index contributed by atoms with van der Waals surface area (Å²) in [5.74, 6) is -0.325. The Morgan fingerprint density at radius 1 is 1.07 bits per heavy atom. The molecule has 0 unspecified atom stereocenters. The molecule has 0 aliphatic heterocycles. The van der Waals surface area contributed by atoms with Crippen LogP contribution in [0.2, 0.25) is 5.02 Å². The lowest BCUT2D eigenvalue weighted by atomic mass is 9.89. The van der Waals surface area contributed by atoms with E-state index in [0.717, 1.165) is 37.7 Å². The summed E-state index contributed by atoms with van der Waals surface area (Å²) < 4.78 is 11.7. The number of esters is 1. The molecule has 0 saturated heterocycles. The van der Waals surface area contributed by atoms with Crippen LogP contribution in [-0.4, -0.2) is 5.97 Å². The lowest BCUT2D eigenvalue weighted by Gasteiger charge is -2.20. The Bertz CT molecular complexity index is 1080. The van der Waals surface area contributed by atoms with Gasteiger partial charge in [-0.15, -0.1) is 0 Å². The third-order valence-corrected chi connectivity index (χ3v) is 5.50. The molecule has 144 valence electrons. The third-order valence-electron chi connectivity index (χ3n) is 5.27. The largest absolute Gasteiger partial charge is 0.452 e. The number of benzene rings is 2. The number of hydrogen-bond donors (Lipinski definition) is 0. The summed E-state index contributed by atoms with van der Waals surface area (Å²) >= 11 is 6.06. The molecule has 1 saturated carbocycles. The lowest BCUT2D eigenvalue weighted by Crippen LogP contribution is -2.25. The Morgan fingerprint density at radius 2 is 1.79 bits per heavy atom. The fourth-order valence-corrected chi connectivity index (χ4v) is 3.83. The highest BCUT2D eigenvalue weighted by molar-refractivity contribution is 6.31. The predicted octanol–water partition coefficient (Wildman–Crippen LogP) is 5.91. The van der Waals surface area contributed by atoms with Crippen LogP contribution < -0.4 is 10.2 Å². The molecule has 0 radical (unpaired) electrons. The maximum absolute atomic E-state index is 13.2. The number of carbonyl (C=O) groups excluding carboxylic acids is 1. The van der Waals surface area contributed by atoms with Crippen LogP contribution >= 0.6 is 11.6 Å². The van der Waals surface area contributed by atoms with E-state index in [9.17, 15) is 9.59 Å². The Labute approximate surface area is 168 Å². The number of rotatable bonds is 3. The molecule has 0 bridgehead atoms. The van der Waals surface area contributed by atoms with E-state index in [2.05, 4.69) is 0 Å². The van der Waals surface area contributed by atoms with Gasteiger partial charge in [-0.05, 0) is 38.0 Å². The zero-order valence-corrected chi connectivity index (χ0v) is 16.4. The zero-order valence-electron chi connectivity index (χ0n) is 15.7. The molecule has 1 aliphatic carbocycles. The van der Waals surface area contributed by atoms with Gasteiger partial charge in [0.2, 0.25) is 11.2 Å². The molecule has 0 atom stereocenters. The van der Waals surface area contributed by atoms with E-state index in [0.29, 0.717) is 21.6 Å². The van der Waals surface area contributed by atoms with Crippen molar-refractivity contribution >= 4 is 28.5 Å². The van der Waals surface area contributed by atoms with E-state index in [1.54, 1.807) is 18.2 Å². The van der Waals surface area contributed by atoms with Gasteiger partial charge in [0.25, 0.3) is 0 Å². The Balaban J connectivity index is 1.84. The lowest BCUT2D eigenvalue weighted by molar-refractivity contribution is -0.140. The molecule has 1 aliphatic rings. The van der Waals surface area contributed by atoms with E-state index in [1.807, 2.05) is 31.2 Å². The fraction of sp³-hybridized carbons (Fsp3) is 0.304. The van der Waals surface area contributed by atoms with E-state index in [4.69, 9.17) is 20.8 Å². The first-order valence-electron chi connectivity index (χ1n) is 9.58. The van der Waals surface area contributed by atoms with Gasteiger partial charge in [0.1, 0.15) is 5.58 Å². The molecule has 4 nitrogen and oxygen atoms in total. The van der Waals surface area contributed by atoms with E-state index < -0.39 is 0 Å². The van der Waals surface area contributed by atoms with E-state index in [-0.39, 0.29) is 28.8 Å². The number of fused-ring (bicyclic) bond motifs is 1. The normalized spacial score (nSPS) is 14.9. The van der Waals surface area contributed by atoms with Crippen LogP contribution in [-0.2, 0) is 4.79 Å². The fourth-order valence-electron chi connectivity index (χ4n) is 3.66. The molecule has 1 aromatic heterocycles. The van der Waals surface area contributed by atoms with Crippen LogP contribution in [0.5, 0.6) is 5.75 Å². The van der Waals surface area contributed by atoms with Gasteiger partial charge in [0.15, 0.2) is 5.76 Å². The summed E-state index contributed by atoms with van der Waals surface area (Å²) in [5, 5.41) is 0.724. The highest BCUT2D eigenvalue weighted by atomic mass is 35.5. The maximum atomic E-state index is 13.2. The maximum Gasteiger partial charge on any atom is 0.314 e. The van der Waals surface area contributed by atoms with Crippen LogP contribution in [0.25, 0.3) is 22.3 Å². The van der Waals surface area contributed by atoms with Crippen molar-refractivity contribution < 1.29 is 13.9 Å². The smallest absolute Gasteiger partial charge is 0.314 e. The molecule has 0 amide bonds. The number of aryl methyl sites for hydroxylation is 1. The van der Waals surface area contributed by atoms with Crippen molar-refractivity contribution in [1.82, 2.24) is 0 Å². The molecular weight excluding hydrogens is 376 g/mol. The topological polar surface area (TPSA) is 56.5 Å². The summed E-state index contributed by atoms with van der Waals surface area (Å²) in [6.45, 7) is 1.98. The summed E-state index contributed by atoms with van der Waals surface area (Å²) in [7, 11) is 0. The predicted molar refractivity (Wildman–Crippen MR) is 110 cm³/mol. The van der Waals surface area contributed by atoms with Gasteiger partial charge in [-0.25, -0.2) is 0 Å². The Hall–Kier alpha value is -2.59. The first-order valence-corrected chi connectivity index (χ1v) is 9.96. The Morgan fingerprint density at radius 3 is 2.50 bits per heavy atom. The zero-order chi connectivity index (χ0) is 19.7. The first kappa shape index (κ1) is 18.8. The van der Waals surface area contributed by atoms with Crippen molar-refractivity contribution in [2.75, 3.05) is 0 Å². The van der Waals surface area contributed by atoms with Crippen LogP contribution in [0.15, 0.2) is 51.7 Å². The molecule has 0 N–H and O–H groups in total. The van der Waals surface area contributed by atoms with Crippen molar-refractivity contribution in [3.05, 3.63) is 63.3 Å². The van der Waals surface area contributed by atoms with Crippen molar-refractivity contribution in [2.45, 2.75) is 39.0 Å². The molecule has 2 aromatic carbocycles. The number of halogens is 1. The van der Waals surface area contributed by atoms with Crippen LogP contribution in [0.4, 0.5) is 0 Å². The number of ether oxygens (including phenoxy) is 1. The third kappa shape index (κ3) is 3.69. The minimum absolute atomic E-state index is 0.0609.